The van der Waals surface area contributed by atoms with Crippen LogP contribution in [0.25, 0.3) is 0 Å². The van der Waals surface area contributed by atoms with E-state index in [4.69, 9.17) is 14.2 Å². The molecule has 2 aromatic rings. The summed E-state index contributed by atoms with van der Waals surface area (Å²) in [6.45, 7) is 2.36. The summed E-state index contributed by atoms with van der Waals surface area (Å²) in [7, 11) is 1.30. The molecule has 0 saturated heterocycles. The van der Waals surface area contributed by atoms with E-state index in [1.807, 2.05) is 30.3 Å². The van der Waals surface area contributed by atoms with Crippen LogP contribution in [0.1, 0.15) is 48.3 Å². The first-order valence-corrected chi connectivity index (χ1v) is 11.4. The van der Waals surface area contributed by atoms with E-state index >= 15 is 4.39 Å². The van der Waals surface area contributed by atoms with E-state index in [1.165, 1.54) is 13.2 Å². The number of nitrogens with one attached hydrogen (secondary N) is 1. The molecule has 1 N–H and O–H groups in total. The minimum absolute atomic E-state index is 0.0225. The van der Waals surface area contributed by atoms with Crippen LogP contribution in [0.2, 0.25) is 0 Å². The second-order valence-electron chi connectivity index (χ2n) is 8.89. The molecule has 1 saturated carbocycles. The van der Waals surface area contributed by atoms with Crippen molar-refractivity contribution in [2.45, 2.75) is 44.3 Å². The molecule has 2 aliphatic heterocycles. The Bertz CT molecular complexity index is 1200. The molecule has 176 valence electrons. The summed E-state index contributed by atoms with van der Waals surface area (Å²) in [6, 6.07) is 14.8. The lowest BCUT2D eigenvalue weighted by Crippen LogP contribution is -2.33. The van der Waals surface area contributed by atoms with Gasteiger partial charge in [0.2, 0.25) is 0 Å². The average molecular weight is 464 g/mol. The van der Waals surface area contributed by atoms with Gasteiger partial charge in [-0.1, -0.05) is 42.5 Å². The van der Waals surface area contributed by atoms with Crippen molar-refractivity contribution >= 4 is 11.9 Å². The van der Waals surface area contributed by atoms with Crippen molar-refractivity contribution in [1.82, 2.24) is 5.32 Å². The van der Waals surface area contributed by atoms with E-state index in [2.05, 4.69) is 5.32 Å². The molecule has 1 unspecified atom stereocenters. The van der Waals surface area contributed by atoms with Crippen molar-refractivity contribution in [2.24, 2.45) is 0 Å². The van der Waals surface area contributed by atoms with Gasteiger partial charge in [-0.25, -0.2) is 14.0 Å². The van der Waals surface area contributed by atoms with Crippen molar-refractivity contribution in [3.8, 4) is 0 Å². The molecular formula is C27H26FNO5. The third kappa shape index (κ3) is 3.90. The first-order valence-electron chi connectivity index (χ1n) is 11.4. The zero-order valence-corrected chi connectivity index (χ0v) is 19.1. The molecule has 1 fully saturated rings. The standard InChI is InChI=1S/C27H26FNO5/c1-15-22(26(30)32-2)24(25-21(29-15)14-34-27(25)31)19-9-6-10-20(28)23(19)17-11-18(12-17)33-13-16-7-4-3-5-8-16/h3-10,17-18,24,29H,11-14H2,1-2H3. The molecule has 5 rings (SSSR count). The van der Waals surface area contributed by atoms with Crippen molar-refractivity contribution in [1.29, 1.82) is 0 Å². The highest BCUT2D eigenvalue weighted by molar-refractivity contribution is 6.01. The lowest BCUT2D eigenvalue weighted by molar-refractivity contribution is -0.136. The molecule has 6 nitrogen and oxygen atoms in total. The fraction of sp³-hybridized carbons (Fsp3) is 0.333. The van der Waals surface area contributed by atoms with E-state index < -0.39 is 17.9 Å². The number of halogens is 1. The molecule has 0 bridgehead atoms. The Balaban J connectivity index is 1.45. The molecule has 0 spiro atoms. The van der Waals surface area contributed by atoms with E-state index in [9.17, 15) is 9.59 Å². The quantitative estimate of drug-likeness (QED) is 0.647. The molecule has 0 amide bonds. The van der Waals surface area contributed by atoms with Gasteiger partial charge in [-0.3, -0.25) is 0 Å². The van der Waals surface area contributed by atoms with Crippen LogP contribution in [0.5, 0.6) is 0 Å². The highest BCUT2D eigenvalue weighted by Gasteiger charge is 2.44. The van der Waals surface area contributed by atoms with E-state index in [0.29, 0.717) is 53.1 Å². The summed E-state index contributed by atoms with van der Waals surface area (Å²) in [5.41, 5.74) is 4.02. The van der Waals surface area contributed by atoms with Crippen molar-refractivity contribution in [3.63, 3.8) is 0 Å². The van der Waals surface area contributed by atoms with E-state index in [-0.39, 0.29) is 24.4 Å². The minimum atomic E-state index is -0.756. The van der Waals surface area contributed by atoms with Crippen LogP contribution in [0.15, 0.2) is 71.1 Å². The highest BCUT2D eigenvalue weighted by Crippen LogP contribution is 2.48. The van der Waals surface area contributed by atoms with Crippen LogP contribution in [0.3, 0.4) is 0 Å². The van der Waals surface area contributed by atoms with Gasteiger partial charge in [-0.15, -0.1) is 0 Å². The topological polar surface area (TPSA) is 73.9 Å². The average Bonchev–Trinajstić information content (AvgIpc) is 3.18. The van der Waals surface area contributed by atoms with Gasteiger partial charge >= 0.3 is 11.9 Å². The van der Waals surface area contributed by atoms with Gasteiger partial charge in [0.1, 0.15) is 12.4 Å². The van der Waals surface area contributed by atoms with Crippen LogP contribution >= 0.6 is 0 Å². The second-order valence-corrected chi connectivity index (χ2v) is 8.89. The maximum atomic E-state index is 15.3. The number of benzene rings is 2. The normalized spacial score (nSPS) is 23.7. The molecule has 7 heteroatoms. The third-order valence-electron chi connectivity index (χ3n) is 6.85. The summed E-state index contributed by atoms with van der Waals surface area (Å²) in [4.78, 5) is 25.4. The molecular weight excluding hydrogens is 437 g/mol. The fourth-order valence-electron chi connectivity index (χ4n) is 5.12. The molecule has 2 heterocycles. The molecule has 1 atom stereocenters. The number of ether oxygens (including phenoxy) is 3. The number of cyclic esters (lactones) is 1. The zero-order chi connectivity index (χ0) is 23.8. The van der Waals surface area contributed by atoms with E-state index in [0.717, 1.165) is 5.56 Å². The number of methoxy groups -OCH3 is 1. The monoisotopic (exact) mass is 463 g/mol. The van der Waals surface area contributed by atoms with Gasteiger partial charge in [-0.05, 0) is 48.4 Å². The summed E-state index contributed by atoms with van der Waals surface area (Å²) >= 11 is 0. The second kappa shape index (κ2) is 9.06. The lowest BCUT2D eigenvalue weighted by atomic mass is 9.71. The summed E-state index contributed by atoms with van der Waals surface area (Å²) in [6.07, 6.45) is 1.35. The Morgan fingerprint density at radius 2 is 1.91 bits per heavy atom. The highest BCUT2D eigenvalue weighted by atomic mass is 19.1. The van der Waals surface area contributed by atoms with Gasteiger partial charge < -0.3 is 19.5 Å². The first-order chi connectivity index (χ1) is 16.5. The maximum Gasteiger partial charge on any atom is 0.337 e. The van der Waals surface area contributed by atoms with Crippen LogP contribution in [0.4, 0.5) is 4.39 Å². The van der Waals surface area contributed by atoms with Crippen molar-refractivity contribution < 1.29 is 28.2 Å². The number of carbonyl (C=O) groups excluding carboxylic acids is 2. The Hall–Kier alpha value is -3.45. The molecule has 0 aromatic heterocycles. The van der Waals surface area contributed by atoms with Gasteiger partial charge in [0.15, 0.2) is 0 Å². The van der Waals surface area contributed by atoms with Crippen molar-refractivity contribution in [2.75, 3.05) is 13.7 Å². The van der Waals surface area contributed by atoms with Crippen molar-refractivity contribution in [3.05, 3.63) is 93.6 Å². The molecule has 1 aliphatic carbocycles. The SMILES string of the molecule is COC(=O)C1=C(C)NC2=C(C(=O)OC2)C1c1cccc(F)c1C1CC(OCc2ccccc2)C1. The minimum Gasteiger partial charge on any atom is -0.466 e. The number of hydrogen-bond acceptors (Lipinski definition) is 6. The zero-order valence-electron chi connectivity index (χ0n) is 19.1. The van der Waals surface area contributed by atoms with Crippen LogP contribution in [-0.4, -0.2) is 31.8 Å². The van der Waals surface area contributed by atoms with E-state index in [1.54, 1.807) is 19.1 Å². The molecule has 0 radical (unpaired) electrons. The van der Waals surface area contributed by atoms with Crippen LogP contribution < -0.4 is 5.32 Å². The first kappa shape index (κ1) is 22.3. The molecule has 34 heavy (non-hydrogen) atoms. The number of carbonyl (C=O) groups is 2. The smallest absolute Gasteiger partial charge is 0.337 e. The Morgan fingerprint density at radius 3 is 2.65 bits per heavy atom. The Kier molecular flexibility index (Phi) is 5.96. The Labute approximate surface area is 197 Å². The largest absolute Gasteiger partial charge is 0.466 e. The van der Waals surface area contributed by atoms with Gasteiger partial charge in [-0.2, -0.15) is 0 Å². The molecule has 3 aliphatic rings. The number of rotatable bonds is 6. The summed E-state index contributed by atoms with van der Waals surface area (Å²) in [5, 5.41) is 3.10. The van der Waals surface area contributed by atoms with Crippen LogP contribution in [0, 0.1) is 5.82 Å². The number of allylic oxidation sites excluding steroid dienone is 1. The molecule has 2 aromatic carbocycles. The van der Waals surface area contributed by atoms with Gasteiger partial charge in [0.05, 0.1) is 42.6 Å². The van der Waals surface area contributed by atoms with Gasteiger partial charge in [0.25, 0.3) is 0 Å². The number of dihydropyridines is 1. The number of hydrogen-bond donors (Lipinski definition) is 1. The fourth-order valence-corrected chi connectivity index (χ4v) is 5.12. The summed E-state index contributed by atoms with van der Waals surface area (Å²) < 4.78 is 31.6. The van der Waals surface area contributed by atoms with Gasteiger partial charge in [0, 0.05) is 5.70 Å². The maximum absolute atomic E-state index is 15.3. The van der Waals surface area contributed by atoms with Crippen LogP contribution in [-0.2, 0) is 30.4 Å². The number of esters is 2. The predicted molar refractivity (Wildman–Crippen MR) is 122 cm³/mol. The summed E-state index contributed by atoms with van der Waals surface area (Å²) in [5.74, 6) is -2.25. The predicted octanol–water partition coefficient (Wildman–Crippen LogP) is 4.23. The lowest BCUT2D eigenvalue weighted by Gasteiger charge is -2.38. The third-order valence-corrected chi connectivity index (χ3v) is 6.85. The Morgan fingerprint density at radius 1 is 1.15 bits per heavy atom.